The van der Waals surface area contributed by atoms with Crippen LogP contribution in [0.4, 0.5) is 5.69 Å². The van der Waals surface area contributed by atoms with E-state index in [-0.39, 0.29) is 5.91 Å². The molecule has 0 saturated heterocycles. The van der Waals surface area contributed by atoms with Gasteiger partial charge in [-0.3, -0.25) is 4.79 Å². The normalized spacial score (nSPS) is 10.8. The van der Waals surface area contributed by atoms with E-state index in [4.69, 9.17) is 10.2 Å². The van der Waals surface area contributed by atoms with Crippen LogP contribution in [0.25, 0.3) is 11.0 Å². The predicted molar refractivity (Wildman–Crippen MR) is 77.1 cm³/mol. The first kappa shape index (κ1) is 13.5. The molecule has 1 aromatic heterocycles. The summed E-state index contributed by atoms with van der Waals surface area (Å²) in [6, 6.07) is 7.16. The van der Waals surface area contributed by atoms with Gasteiger partial charge in [0.1, 0.15) is 5.58 Å². The number of fused-ring (bicyclic) bond motifs is 1. The summed E-state index contributed by atoms with van der Waals surface area (Å²) in [6.45, 7) is 5.64. The van der Waals surface area contributed by atoms with Gasteiger partial charge in [-0.2, -0.15) is 0 Å². The highest BCUT2D eigenvalue weighted by Crippen LogP contribution is 2.22. The number of rotatable bonds is 5. The number of benzene rings is 1. The Hall–Kier alpha value is -1.97. The fourth-order valence-corrected chi connectivity index (χ4v) is 2.18. The molecule has 1 heterocycles. The van der Waals surface area contributed by atoms with Crippen molar-refractivity contribution in [3.8, 4) is 0 Å². The van der Waals surface area contributed by atoms with Gasteiger partial charge in [0.15, 0.2) is 5.76 Å². The summed E-state index contributed by atoms with van der Waals surface area (Å²) >= 11 is 0. The van der Waals surface area contributed by atoms with Gasteiger partial charge in [0.25, 0.3) is 5.91 Å². The minimum Gasteiger partial charge on any atom is -0.451 e. The Kier molecular flexibility index (Phi) is 4.10. The van der Waals surface area contributed by atoms with Crippen LogP contribution in [0.2, 0.25) is 0 Å². The first-order chi connectivity index (χ1) is 9.15. The topological polar surface area (TPSA) is 59.5 Å². The zero-order chi connectivity index (χ0) is 13.8. The van der Waals surface area contributed by atoms with Gasteiger partial charge in [-0.25, -0.2) is 0 Å². The molecule has 0 radical (unpaired) electrons. The standard InChI is InChI=1S/C15H20N2O2/c1-3-7-17(8-4-2)15(18)14-10-11-9-12(16)5-6-13(11)19-14/h5-6,9-10H,3-4,7-8,16H2,1-2H3. The largest absolute Gasteiger partial charge is 0.451 e. The number of carbonyl (C=O) groups is 1. The minimum atomic E-state index is -0.0431. The SMILES string of the molecule is CCCN(CCC)C(=O)c1cc2cc(N)ccc2o1. The quantitative estimate of drug-likeness (QED) is 0.839. The Morgan fingerprint density at radius 1 is 1.21 bits per heavy atom. The van der Waals surface area contributed by atoms with E-state index in [1.165, 1.54) is 0 Å². The Bertz CT molecular complexity index is 569. The van der Waals surface area contributed by atoms with E-state index in [0.29, 0.717) is 17.0 Å². The maximum absolute atomic E-state index is 12.4. The van der Waals surface area contributed by atoms with Crippen LogP contribution < -0.4 is 5.73 Å². The van der Waals surface area contributed by atoms with Crippen molar-refractivity contribution < 1.29 is 9.21 Å². The lowest BCUT2D eigenvalue weighted by Gasteiger charge is -2.19. The van der Waals surface area contributed by atoms with Gasteiger partial charge >= 0.3 is 0 Å². The second-order valence-corrected chi connectivity index (χ2v) is 4.70. The molecule has 0 unspecified atom stereocenters. The van der Waals surface area contributed by atoms with Crippen molar-refractivity contribution in [3.63, 3.8) is 0 Å². The van der Waals surface area contributed by atoms with Gasteiger partial charge < -0.3 is 15.1 Å². The zero-order valence-electron chi connectivity index (χ0n) is 11.5. The molecular weight excluding hydrogens is 240 g/mol. The third kappa shape index (κ3) is 2.89. The third-order valence-corrected chi connectivity index (χ3v) is 3.03. The summed E-state index contributed by atoms with van der Waals surface area (Å²) in [4.78, 5) is 14.2. The molecule has 102 valence electrons. The molecule has 0 fully saturated rings. The predicted octanol–water partition coefficient (Wildman–Crippen LogP) is 3.28. The van der Waals surface area contributed by atoms with Gasteiger partial charge in [-0.1, -0.05) is 13.8 Å². The molecule has 0 atom stereocenters. The van der Waals surface area contributed by atoms with Gasteiger partial charge in [-0.15, -0.1) is 0 Å². The molecule has 0 spiro atoms. The van der Waals surface area contributed by atoms with E-state index in [9.17, 15) is 4.79 Å². The van der Waals surface area contributed by atoms with Crippen LogP contribution in [-0.4, -0.2) is 23.9 Å². The number of hydrogen-bond donors (Lipinski definition) is 1. The Balaban J connectivity index is 2.29. The number of furan rings is 1. The first-order valence-electron chi connectivity index (χ1n) is 6.74. The number of amides is 1. The molecule has 0 aliphatic carbocycles. The van der Waals surface area contributed by atoms with Gasteiger partial charge in [-0.05, 0) is 37.1 Å². The smallest absolute Gasteiger partial charge is 0.289 e. The van der Waals surface area contributed by atoms with E-state index in [2.05, 4.69) is 13.8 Å². The van der Waals surface area contributed by atoms with E-state index < -0.39 is 0 Å². The molecular formula is C15H20N2O2. The molecule has 2 rings (SSSR count). The maximum atomic E-state index is 12.4. The average molecular weight is 260 g/mol. The molecule has 0 bridgehead atoms. The van der Waals surface area contributed by atoms with Gasteiger partial charge in [0.2, 0.25) is 0 Å². The lowest BCUT2D eigenvalue weighted by molar-refractivity contribution is 0.0726. The highest BCUT2D eigenvalue weighted by atomic mass is 16.3. The van der Waals surface area contributed by atoms with Gasteiger partial charge in [0, 0.05) is 24.2 Å². The van der Waals surface area contributed by atoms with Crippen LogP contribution in [0.1, 0.15) is 37.2 Å². The first-order valence-corrected chi connectivity index (χ1v) is 6.74. The molecule has 0 aliphatic rings. The van der Waals surface area contributed by atoms with Crippen molar-refractivity contribution in [3.05, 3.63) is 30.0 Å². The number of carbonyl (C=O) groups excluding carboxylic acids is 1. The number of hydrogen-bond acceptors (Lipinski definition) is 3. The van der Waals surface area contributed by atoms with Crippen LogP contribution in [0, 0.1) is 0 Å². The second kappa shape index (κ2) is 5.78. The number of nitrogens with two attached hydrogens (primary N) is 1. The molecule has 1 aromatic carbocycles. The second-order valence-electron chi connectivity index (χ2n) is 4.70. The molecule has 19 heavy (non-hydrogen) atoms. The summed E-state index contributed by atoms with van der Waals surface area (Å²) in [7, 11) is 0. The zero-order valence-corrected chi connectivity index (χ0v) is 11.5. The monoisotopic (exact) mass is 260 g/mol. The van der Waals surface area contributed by atoms with Crippen molar-refractivity contribution in [1.29, 1.82) is 0 Å². The van der Waals surface area contributed by atoms with E-state index >= 15 is 0 Å². The number of nitrogen functional groups attached to an aromatic ring is 1. The van der Waals surface area contributed by atoms with E-state index in [1.54, 1.807) is 18.2 Å². The highest BCUT2D eigenvalue weighted by molar-refractivity contribution is 5.96. The molecule has 4 heteroatoms. The van der Waals surface area contributed by atoms with E-state index in [1.807, 2.05) is 11.0 Å². The number of anilines is 1. The molecule has 1 amide bonds. The minimum absolute atomic E-state index is 0.0431. The van der Waals surface area contributed by atoms with Crippen molar-refractivity contribution in [2.45, 2.75) is 26.7 Å². The third-order valence-electron chi connectivity index (χ3n) is 3.03. The van der Waals surface area contributed by atoms with E-state index in [0.717, 1.165) is 31.3 Å². The van der Waals surface area contributed by atoms with Crippen LogP contribution in [0.3, 0.4) is 0 Å². The van der Waals surface area contributed by atoms with Gasteiger partial charge in [0.05, 0.1) is 0 Å². The molecule has 2 N–H and O–H groups in total. The molecule has 4 nitrogen and oxygen atoms in total. The van der Waals surface area contributed by atoms with Crippen molar-refractivity contribution >= 4 is 22.6 Å². The fourth-order valence-electron chi connectivity index (χ4n) is 2.18. The lowest BCUT2D eigenvalue weighted by atomic mass is 10.2. The summed E-state index contributed by atoms with van der Waals surface area (Å²) in [6.07, 6.45) is 1.89. The summed E-state index contributed by atoms with van der Waals surface area (Å²) in [5.74, 6) is 0.348. The van der Waals surface area contributed by atoms with Crippen molar-refractivity contribution in [1.82, 2.24) is 4.90 Å². The summed E-state index contributed by atoms with van der Waals surface area (Å²) in [5, 5.41) is 0.872. The molecule has 0 saturated carbocycles. The highest BCUT2D eigenvalue weighted by Gasteiger charge is 2.18. The van der Waals surface area contributed by atoms with Crippen LogP contribution >= 0.6 is 0 Å². The maximum Gasteiger partial charge on any atom is 0.289 e. The van der Waals surface area contributed by atoms with Crippen LogP contribution in [-0.2, 0) is 0 Å². The number of nitrogens with zero attached hydrogens (tertiary/aromatic N) is 1. The Labute approximate surface area is 113 Å². The lowest BCUT2D eigenvalue weighted by Crippen LogP contribution is -2.32. The fraction of sp³-hybridized carbons (Fsp3) is 0.400. The molecule has 0 aliphatic heterocycles. The van der Waals surface area contributed by atoms with Crippen LogP contribution in [0.15, 0.2) is 28.7 Å². The summed E-state index contributed by atoms with van der Waals surface area (Å²) in [5.41, 5.74) is 7.10. The van der Waals surface area contributed by atoms with Crippen molar-refractivity contribution in [2.24, 2.45) is 0 Å². The van der Waals surface area contributed by atoms with Crippen molar-refractivity contribution in [2.75, 3.05) is 18.8 Å². The Morgan fingerprint density at radius 3 is 2.53 bits per heavy atom. The summed E-state index contributed by atoms with van der Waals surface area (Å²) < 4.78 is 5.61. The van der Waals surface area contributed by atoms with Crippen LogP contribution in [0.5, 0.6) is 0 Å². The molecule has 2 aromatic rings. The average Bonchev–Trinajstić information content (AvgIpc) is 2.80. The Morgan fingerprint density at radius 2 is 1.89 bits per heavy atom.